The van der Waals surface area contributed by atoms with Crippen molar-refractivity contribution < 1.29 is 4.79 Å². The van der Waals surface area contributed by atoms with Gasteiger partial charge in [-0.15, -0.1) is 0 Å². The van der Waals surface area contributed by atoms with Gasteiger partial charge in [-0.25, -0.2) is 0 Å². The first-order valence-electron chi connectivity index (χ1n) is 7.58. The smallest absolute Gasteiger partial charge is 0.240 e. The van der Waals surface area contributed by atoms with E-state index in [9.17, 15) is 10.1 Å². The van der Waals surface area contributed by atoms with Crippen LogP contribution in [0.25, 0.3) is 0 Å². The van der Waals surface area contributed by atoms with Gasteiger partial charge in [0.2, 0.25) is 5.91 Å². The fraction of sp³-hybridized carbons (Fsp3) is 0.867. The quantitative estimate of drug-likeness (QED) is 0.824. The lowest BCUT2D eigenvalue weighted by Crippen LogP contribution is -2.41. The van der Waals surface area contributed by atoms with E-state index in [1.165, 1.54) is 25.9 Å². The number of carbonyl (C=O) groups is 1. The molecule has 2 rings (SSSR count). The molecule has 1 atom stereocenters. The number of carbonyl (C=O) groups excluding carboxylic acids is 1. The van der Waals surface area contributed by atoms with Crippen molar-refractivity contribution in [1.29, 1.82) is 5.26 Å². The summed E-state index contributed by atoms with van der Waals surface area (Å²) in [6, 6.07) is 2.25. The normalized spacial score (nSPS) is 24.0. The maximum atomic E-state index is 12.2. The summed E-state index contributed by atoms with van der Waals surface area (Å²) in [4.78, 5) is 14.7. The van der Waals surface area contributed by atoms with Crippen LogP contribution in [0.3, 0.4) is 0 Å². The predicted molar refractivity (Wildman–Crippen MR) is 74.4 cm³/mol. The average Bonchev–Trinajstić information content (AvgIpc) is 3.07. The topological polar surface area (TPSA) is 56.1 Å². The third-order valence-corrected chi connectivity index (χ3v) is 4.49. The van der Waals surface area contributed by atoms with E-state index in [4.69, 9.17) is 0 Å². The van der Waals surface area contributed by atoms with Crippen molar-refractivity contribution in [2.75, 3.05) is 26.2 Å². The van der Waals surface area contributed by atoms with Crippen LogP contribution in [0.5, 0.6) is 0 Å². The molecule has 2 fully saturated rings. The van der Waals surface area contributed by atoms with Gasteiger partial charge in [0.1, 0.15) is 5.41 Å². The van der Waals surface area contributed by atoms with Gasteiger partial charge in [0, 0.05) is 13.1 Å². The predicted octanol–water partition coefficient (Wildman–Crippen LogP) is 1.92. The molecule has 1 amide bonds. The van der Waals surface area contributed by atoms with E-state index in [2.05, 4.69) is 23.2 Å². The molecule has 1 aliphatic carbocycles. The van der Waals surface area contributed by atoms with E-state index in [1.54, 1.807) is 0 Å². The molecule has 19 heavy (non-hydrogen) atoms. The minimum atomic E-state index is -0.729. The molecule has 0 radical (unpaired) electrons. The number of nitrogens with one attached hydrogen (secondary N) is 1. The third kappa shape index (κ3) is 3.48. The number of nitrogens with zero attached hydrogens (tertiary/aromatic N) is 2. The Labute approximate surface area is 116 Å². The van der Waals surface area contributed by atoms with E-state index in [0.29, 0.717) is 12.5 Å². The van der Waals surface area contributed by atoms with Gasteiger partial charge in [0.15, 0.2) is 0 Å². The Hall–Kier alpha value is -1.08. The van der Waals surface area contributed by atoms with Crippen molar-refractivity contribution in [2.45, 2.75) is 45.4 Å². The monoisotopic (exact) mass is 263 g/mol. The Morgan fingerprint density at radius 1 is 1.32 bits per heavy atom. The lowest BCUT2D eigenvalue weighted by molar-refractivity contribution is -0.128. The molecule has 0 spiro atoms. The molecule has 4 heteroatoms. The summed E-state index contributed by atoms with van der Waals surface area (Å²) in [5.41, 5.74) is -0.729. The highest BCUT2D eigenvalue weighted by atomic mass is 16.2. The van der Waals surface area contributed by atoms with Gasteiger partial charge >= 0.3 is 0 Å². The maximum absolute atomic E-state index is 12.2. The van der Waals surface area contributed by atoms with Crippen LogP contribution < -0.4 is 5.32 Å². The summed E-state index contributed by atoms with van der Waals surface area (Å²) in [6.45, 7) is 6.31. The second-order valence-corrected chi connectivity index (χ2v) is 6.22. The van der Waals surface area contributed by atoms with Crippen LogP contribution in [0.2, 0.25) is 0 Å². The average molecular weight is 263 g/mol. The van der Waals surface area contributed by atoms with E-state index in [1.807, 2.05) is 0 Å². The molecule has 0 aromatic rings. The first-order chi connectivity index (χ1) is 9.16. The van der Waals surface area contributed by atoms with Crippen molar-refractivity contribution in [2.24, 2.45) is 11.3 Å². The molecular formula is C15H25N3O. The first-order valence-corrected chi connectivity index (χ1v) is 7.58. The zero-order valence-electron chi connectivity index (χ0n) is 12.0. The summed E-state index contributed by atoms with van der Waals surface area (Å²) in [5, 5.41) is 12.3. The van der Waals surface area contributed by atoms with Crippen LogP contribution in [0.1, 0.15) is 45.4 Å². The van der Waals surface area contributed by atoms with Gasteiger partial charge in [-0.3, -0.25) is 4.79 Å². The third-order valence-electron chi connectivity index (χ3n) is 4.49. The summed E-state index contributed by atoms with van der Waals surface area (Å²) < 4.78 is 0. The van der Waals surface area contributed by atoms with Gasteiger partial charge in [-0.2, -0.15) is 5.26 Å². The maximum Gasteiger partial charge on any atom is 0.240 e. The van der Waals surface area contributed by atoms with Crippen LogP contribution in [0, 0.1) is 22.7 Å². The number of likely N-dealkylation sites (tertiary alicyclic amines) is 1. The fourth-order valence-corrected chi connectivity index (χ4v) is 3.27. The Balaban J connectivity index is 1.75. The van der Waals surface area contributed by atoms with Gasteiger partial charge in [0.05, 0.1) is 6.07 Å². The molecule has 1 saturated carbocycles. The van der Waals surface area contributed by atoms with Gasteiger partial charge in [0.25, 0.3) is 0 Å². The SMILES string of the molecule is CC(CNC(=O)C1(C#N)CCCC1)CN1CCCC1. The summed E-state index contributed by atoms with van der Waals surface area (Å²) >= 11 is 0. The number of nitriles is 1. The zero-order valence-corrected chi connectivity index (χ0v) is 12.0. The standard InChI is InChI=1S/C15H25N3O/c1-13(11-18-8-4-5-9-18)10-17-14(19)15(12-16)6-2-3-7-15/h13H,2-11H2,1H3,(H,17,19). The summed E-state index contributed by atoms with van der Waals surface area (Å²) in [7, 11) is 0. The van der Waals surface area contributed by atoms with Gasteiger partial charge in [-0.05, 0) is 44.7 Å². The molecule has 0 aromatic carbocycles. The zero-order chi connectivity index (χ0) is 13.7. The van der Waals surface area contributed by atoms with Crippen LogP contribution in [0.15, 0.2) is 0 Å². The van der Waals surface area contributed by atoms with E-state index in [-0.39, 0.29) is 5.91 Å². The van der Waals surface area contributed by atoms with E-state index in [0.717, 1.165) is 32.2 Å². The highest BCUT2D eigenvalue weighted by Crippen LogP contribution is 2.37. The summed E-state index contributed by atoms with van der Waals surface area (Å²) in [5.74, 6) is 0.417. The first kappa shape index (κ1) is 14.3. The molecule has 1 unspecified atom stereocenters. The molecule has 2 aliphatic rings. The second-order valence-electron chi connectivity index (χ2n) is 6.22. The van der Waals surface area contributed by atoms with E-state index < -0.39 is 5.41 Å². The Kier molecular flexibility index (Phi) is 4.81. The Bertz CT molecular complexity index is 349. The molecule has 1 heterocycles. The fourth-order valence-electron chi connectivity index (χ4n) is 3.27. The molecule has 1 N–H and O–H groups in total. The lowest BCUT2D eigenvalue weighted by Gasteiger charge is -2.23. The van der Waals surface area contributed by atoms with Crippen molar-refractivity contribution in [3.63, 3.8) is 0 Å². The molecule has 4 nitrogen and oxygen atoms in total. The van der Waals surface area contributed by atoms with Crippen LogP contribution >= 0.6 is 0 Å². The van der Waals surface area contributed by atoms with Gasteiger partial charge in [-0.1, -0.05) is 19.8 Å². The van der Waals surface area contributed by atoms with Crippen molar-refractivity contribution in [3.05, 3.63) is 0 Å². The molecule has 0 bridgehead atoms. The highest BCUT2D eigenvalue weighted by Gasteiger charge is 2.41. The second kappa shape index (κ2) is 6.38. The van der Waals surface area contributed by atoms with Crippen LogP contribution in [-0.4, -0.2) is 37.0 Å². The van der Waals surface area contributed by atoms with Crippen molar-refractivity contribution in [1.82, 2.24) is 10.2 Å². The van der Waals surface area contributed by atoms with Crippen molar-refractivity contribution in [3.8, 4) is 6.07 Å². The number of rotatable bonds is 5. The molecule has 0 aromatic heterocycles. The molecule has 1 saturated heterocycles. The minimum Gasteiger partial charge on any atom is -0.354 e. The lowest BCUT2D eigenvalue weighted by atomic mass is 9.87. The number of hydrogen-bond acceptors (Lipinski definition) is 3. The number of hydrogen-bond donors (Lipinski definition) is 1. The number of amides is 1. The highest BCUT2D eigenvalue weighted by molar-refractivity contribution is 5.85. The largest absolute Gasteiger partial charge is 0.354 e. The Morgan fingerprint density at radius 3 is 2.53 bits per heavy atom. The van der Waals surface area contributed by atoms with E-state index >= 15 is 0 Å². The molecule has 1 aliphatic heterocycles. The molecular weight excluding hydrogens is 238 g/mol. The molecule has 106 valence electrons. The van der Waals surface area contributed by atoms with Crippen LogP contribution in [-0.2, 0) is 4.79 Å². The summed E-state index contributed by atoms with van der Waals surface area (Å²) in [6.07, 6.45) is 6.08. The van der Waals surface area contributed by atoms with Crippen molar-refractivity contribution >= 4 is 5.91 Å². The minimum absolute atomic E-state index is 0.0410. The van der Waals surface area contributed by atoms with Gasteiger partial charge < -0.3 is 10.2 Å². The van der Waals surface area contributed by atoms with Crippen LogP contribution in [0.4, 0.5) is 0 Å². The Morgan fingerprint density at radius 2 is 1.95 bits per heavy atom.